The molecule has 0 spiro atoms. The van der Waals surface area contributed by atoms with Crippen LogP contribution in [0.2, 0.25) is 0 Å². The first-order valence-corrected chi connectivity index (χ1v) is 14.1. The molecule has 1 N–H and O–H groups in total. The summed E-state index contributed by atoms with van der Waals surface area (Å²) in [4.78, 5) is 44.8. The fourth-order valence-electron chi connectivity index (χ4n) is 6.56. The van der Waals surface area contributed by atoms with Gasteiger partial charge in [-0.15, -0.1) is 0 Å². The molecule has 212 valence electrons. The number of hydrogen-bond acceptors (Lipinski definition) is 4. The molecule has 0 aliphatic carbocycles. The predicted octanol–water partition coefficient (Wildman–Crippen LogP) is 4.93. The van der Waals surface area contributed by atoms with E-state index in [0.717, 1.165) is 22.3 Å². The van der Waals surface area contributed by atoms with Crippen LogP contribution in [0.1, 0.15) is 40.5 Å². The van der Waals surface area contributed by atoms with Crippen molar-refractivity contribution in [1.82, 2.24) is 9.80 Å². The maximum atomic E-state index is 14.4. The van der Waals surface area contributed by atoms with Gasteiger partial charge < -0.3 is 19.6 Å². The maximum absolute atomic E-state index is 14.4. The van der Waals surface area contributed by atoms with Crippen LogP contribution in [0.4, 0.5) is 0 Å². The summed E-state index contributed by atoms with van der Waals surface area (Å²) in [5.74, 6) is -2.13. The van der Waals surface area contributed by atoms with Gasteiger partial charge in [0.15, 0.2) is 5.54 Å². The summed E-state index contributed by atoms with van der Waals surface area (Å²) in [5.41, 5.74) is 1.71. The van der Waals surface area contributed by atoms with Crippen LogP contribution in [0.25, 0.3) is 0 Å². The zero-order valence-electron chi connectivity index (χ0n) is 23.3. The third kappa shape index (κ3) is 4.71. The SMILES string of the molecule is COc1ccc(C(C(=O)N2C[C@@H]3C[C@]2(C(=O)O)CN3C(=O)C(c2ccccc2)c2ccccc2)c2ccccc2)cc1. The number of aliphatic carboxylic acids is 1. The molecule has 3 atom stereocenters. The van der Waals surface area contributed by atoms with Crippen molar-refractivity contribution in [3.8, 4) is 5.75 Å². The number of piperazine rings is 1. The second-order valence-electron chi connectivity index (χ2n) is 11.0. The lowest BCUT2D eigenvalue weighted by Crippen LogP contribution is -2.62. The Balaban J connectivity index is 1.34. The number of hydrogen-bond donors (Lipinski definition) is 1. The molecule has 2 aliphatic heterocycles. The molecule has 0 radical (unpaired) electrons. The largest absolute Gasteiger partial charge is 0.497 e. The minimum Gasteiger partial charge on any atom is -0.497 e. The Morgan fingerprint density at radius 3 is 1.62 bits per heavy atom. The summed E-state index contributed by atoms with van der Waals surface area (Å²) in [6.45, 7) is 0.102. The van der Waals surface area contributed by atoms with Crippen LogP contribution in [0.15, 0.2) is 115 Å². The number of carbonyl (C=O) groups is 3. The van der Waals surface area contributed by atoms with Crippen LogP contribution < -0.4 is 4.74 Å². The van der Waals surface area contributed by atoms with Gasteiger partial charge in [-0.2, -0.15) is 0 Å². The maximum Gasteiger partial charge on any atom is 0.331 e. The van der Waals surface area contributed by atoms with Gasteiger partial charge >= 0.3 is 5.97 Å². The highest BCUT2D eigenvalue weighted by molar-refractivity contribution is 5.96. The molecule has 2 fully saturated rings. The summed E-state index contributed by atoms with van der Waals surface area (Å²) in [6, 6.07) is 35.4. The van der Waals surface area contributed by atoms with Gasteiger partial charge in [-0.25, -0.2) is 4.79 Å². The summed E-state index contributed by atoms with van der Waals surface area (Å²) < 4.78 is 5.31. The quantitative estimate of drug-likeness (QED) is 0.330. The number of carboxylic acid groups (broad SMARTS) is 1. The van der Waals surface area contributed by atoms with E-state index in [1.165, 1.54) is 4.90 Å². The number of rotatable bonds is 8. The van der Waals surface area contributed by atoms with Crippen molar-refractivity contribution < 1.29 is 24.2 Å². The number of nitrogens with zero attached hydrogens (tertiary/aromatic N) is 2. The number of benzene rings is 4. The fraction of sp³-hybridized carbons (Fsp3) is 0.229. The second kappa shape index (κ2) is 11.2. The Hall–Kier alpha value is -4.91. The van der Waals surface area contributed by atoms with E-state index >= 15 is 0 Å². The first-order valence-electron chi connectivity index (χ1n) is 14.1. The average Bonchev–Trinajstić information content (AvgIpc) is 3.62. The minimum atomic E-state index is -1.51. The summed E-state index contributed by atoms with van der Waals surface area (Å²) in [5, 5.41) is 10.6. The molecule has 0 saturated carbocycles. The zero-order chi connectivity index (χ0) is 29.3. The molecule has 7 nitrogen and oxygen atoms in total. The molecule has 2 amide bonds. The van der Waals surface area contributed by atoms with E-state index < -0.39 is 29.4 Å². The van der Waals surface area contributed by atoms with Gasteiger partial charge in [-0.1, -0.05) is 103 Å². The number of ether oxygens (including phenoxy) is 1. The molecule has 4 aromatic rings. The molecule has 0 aromatic heterocycles. The first-order chi connectivity index (χ1) is 20.4. The molecular formula is C35H32N2O5. The third-order valence-corrected chi connectivity index (χ3v) is 8.64. The van der Waals surface area contributed by atoms with E-state index in [0.29, 0.717) is 5.75 Å². The summed E-state index contributed by atoms with van der Waals surface area (Å²) in [7, 11) is 1.58. The first kappa shape index (κ1) is 27.3. The number of amides is 2. The Labute approximate surface area is 245 Å². The lowest BCUT2D eigenvalue weighted by Gasteiger charge is -2.42. The number of likely N-dealkylation sites (tertiary alicyclic amines) is 2. The van der Waals surface area contributed by atoms with Crippen LogP contribution in [0, 0.1) is 0 Å². The zero-order valence-corrected chi connectivity index (χ0v) is 23.3. The predicted molar refractivity (Wildman–Crippen MR) is 158 cm³/mol. The highest BCUT2D eigenvalue weighted by atomic mass is 16.5. The Morgan fingerprint density at radius 1 is 0.714 bits per heavy atom. The van der Waals surface area contributed by atoms with Crippen LogP contribution >= 0.6 is 0 Å². The van der Waals surface area contributed by atoms with Crippen molar-refractivity contribution in [3.63, 3.8) is 0 Å². The van der Waals surface area contributed by atoms with Crippen molar-refractivity contribution in [2.24, 2.45) is 0 Å². The Bertz CT molecular complexity index is 1540. The molecule has 2 saturated heterocycles. The van der Waals surface area contributed by atoms with Crippen molar-refractivity contribution in [1.29, 1.82) is 0 Å². The molecule has 2 heterocycles. The second-order valence-corrected chi connectivity index (χ2v) is 11.0. The average molecular weight is 561 g/mol. The van der Waals surface area contributed by atoms with Gasteiger partial charge in [0.25, 0.3) is 0 Å². The van der Waals surface area contributed by atoms with Crippen LogP contribution in [-0.4, -0.2) is 64.5 Å². The van der Waals surface area contributed by atoms with Gasteiger partial charge in [0.05, 0.1) is 31.5 Å². The topological polar surface area (TPSA) is 87.2 Å². The lowest BCUT2D eigenvalue weighted by molar-refractivity contribution is -0.160. The van der Waals surface area contributed by atoms with E-state index in [1.54, 1.807) is 24.1 Å². The molecule has 7 heteroatoms. The van der Waals surface area contributed by atoms with E-state index in [-0.39, 0.29) is 31.3 Å². The van der Waals surface area contributed by atoms with Crippen molar-refractivity contribution in [3.05, 3.63) is 138 Å². The standard InChI is InChI=1S/C35H32N2O5/c1-42-29-19-17-27(18-20-29)31(26-15-9-4-10-16-26)33(39)37-22-28-21-35(37,34(40)41)23-36(28)32(38)30(24-11-5-2-6-12-24)25-13-7-3-8-14-25/h2-20,28,30-31H,21-23H2,1H3,(H,40,41)/t28-,31?,35+/m0/s1. The fourth-order valence-corrected chi connectivity index (χ4v) is 6.56. The van der Waals surface area contributed by atoms with Gasteiger partial charge in [0, 0.05) is 13.0 Å². The highest BCUT2D eigenvalue weighted by Gasteiger charge is 2.63. The monoisotopic (exact) mass is 560 g/mol. The molecule has 2 bridgehead atoms. The molecular weight excluding hydrogens is 528 g/mol. The number of methoxy groups -OCH3 is 1. The Morgan fingerprint density at radius 2 is 1.17 bits per heavy atom. The normalized spacial score (nSPS) is 20.0. The minimum absolute atomic E-state index is 0.0577. The highest BCUT2D eigenvalue weighted by Crippen LogP contribution is 2.45. The molecule has 4 aromatic carbocycles. The van der Waals surface area contributed by atoms with Crippen molar-refractivity contribution in [2.45, 2.75) is 29.8 Å². The summed E-state index contributed by atoms with van der Waals surface area (Å²) >= 11 is 0. The molecule has 2 aliphatic rings. The number of carbonyl (C=O) groups excluding carboxylic acids is 2. The van der Waals surface area contributed by atoms with Crippen LogP contribution in [0.3, 0.4) is 0 Å². The molecule has 1 unspecified atom stereocenters. The van der Waals surface area contributed by atoms with Gasteiger partial charge in [0.2, 0.25) is 11.8 Å². The van der Waals surface area contributed by atoms with E-state index in [9.17, 15) is 19.5 Å². The van der Waals surface area contributed by atoms with Gasteiger partial charge in [-0.05, 0) is 34.4 Å². The number of fused-ring (bicyclic) bond motifs is 2. The van der Waals surface area contributed by atoms with Crippen molar-refractivity contribution in [2.75, 3.05) is 20.2 Å². The third-order valence-electron chi connectivity index (χ3n) is 8.64. The molecule has 6 rings (SSSR count). The van der Waals surface area contributed by atoms with Gasteiger partial charge in [-0.3, -0.25) is 9.59 Å². The summed E-state index contributed by atoms with van der Waals surface area (Å²) in [6.07, 6.45) is 0.195. The van der Waals surface area contributed by atoms with Crippen molar-refractivity contribution >= 4 is 17.8 Å². The van der Waals surface area contributed by atoms with E-state index in [1.807, 2.05) is 103 Å². The lowest BCUT2D eigenvalue weighted by atomic mass is 9.87. The van der Waals surface area contributed by atoms with E-state index in [2.05, 4.69) is 0 Å². The van der Waals surface area contributed by atoms with Crippen LogP contribution in [-0.2, 0) is 14.4 Å². The van der Waals surface area contributed by atoms with Crippen LogP contribution in [0.5, 0.6) is 5.75 Å². The Kier molecular flexibility index (Phi) is 7.25. The molecule has 42 heavy (non-hydrogen) atoms. The number of carboxylic acids is 1. The van der Waals surface area contributed by atoms with Gasteiger partial charge in [0.1, 0.15) is 5.75 Å². The van der Waals surface area contributed by atoms with E-state index in [4.69, 9.17) is 4.74 Å². The smallest absolute Gasteiger partial charge is 0.331 e.